The number of amides is 1. The van der Waals surface area contributed by atoms with Gasteiger partial charge in [-0.15, -0.1) is 0 Å². The lowest BCUT2D eigenvalue weighted by atomic mass is 10.3. The van der Waals surface area contributed by atoms with E-state index in [4.69, 9.17) is 0 Å². The molecule has 3 heteroatoms. The molecule has 0 aromatic rings. The van der Waals surface area contributed by atoms with E-state index in [0.29, 0.717) is 0 Å². The molecule has 0 saturated heterocycles. The van der Waals surface area contributed by atoms with Crippen LogP contribution in [0.1, 0.15) is 26.7 Å². The number of rotatable bonds is 8. The minimum atomic E-state index is -0.0801. The zero-order valence-corrected chi connectivity index (χ0v) is 9.38. The summed E-state index contributed by atoms with van der Waals surface area (Å²) >= 11 is 0. The fourth-order valence-corrected chi connectivity index (χ4v) is 1.33. The second-order valence-electron chi connectivity index (χ2n) is 3.28. The zero-order valence-electron chi connectivity index (χ0n) is 9.38. The van der Waals surface area contributed by atoms with Crippen molar-refractivity contribution < 1.29 is 4.79 Å². The van der Waals surface area contributed by atoms with Crippen LogP contribution in [0.3, 0.4) is 0 Å². The maximum atomic E-state index is 10.8. The third kappa shape index (κ3) is 6.66. The Morgan fingerprint density at radius 2 is 2.14 bits per heavy atom. The van der Waals surface area contributed by atoms with Crippen LogP contribution in [0.4, 0.5) is 0 Å². The highest BCUT2D eigenvalue weighted by molar-refractivity contribution is 5.86. The number of hydrogen-bond acceptors (Lipinski definition) is 2. The molecule has 0 radical (unpaired) electrons. The maximum Gasteiger partial charge on any atom is 0.243 e. The minimum Gasteiger partial charge on any atom is -0.353 e. The van der Waals surface area contributed by atoms with Crippen molar-refractivity contribution in [3.63, 3.8) is 0 Å². The quantitative estimate of drug-likeness (QED) is 0.472. The Hall–Kier alpha value is -0.830. The number of hydrogen-bond donors (Lipinski definition) is 1. The SMILES string of the molecule is C=CC(=O)NCCCN(CC)CCC. The molecule has 0 fully saturated rings. The van der Waals surface area contributed by atoms with E-state index in [1.807, 2.05) is 0 Å². The molecular weight excluding hydrogens is 176 g/mol. The monoisotopic (exact) mass is 198 g/mol. The van der Waals surface area contributed by atoms with E-state index in [2.05, 4.69) is 30.6 Å². The minimum absolute atomic E-state index is 0.0801. The van der Waals surface area contributed by atoms with Gasteiger partial charge in [0.05, 0.1) is 0 Å². The second kappa shape index (κ2) is 8.75. The van der Waals surface area contributed by atoms with Gasteiger partial charge in [0, 0.05) is 6.54 Å². The highest BCUT2D eigenvalue weighted by atomic mass is 16.1. The molecule has 0 bridgehead atoms. The average Bonchev–Trinajstić information content (AvgIpc) is 2.22. The highest BCUT2D eigenvalue weighted by Gasteiger charge is 2.00. The van der Waals surface area contributed by atoms with Gasteiger partial charge in [0.25, 0.3) is 0 Å². The molecule has 0 saturated carbocycles. The molecule has 1 amide bonds. The molecule has 82 valence electrons. The predicted octanol–water partition coefficient (Wildman–Crippen LogP) is 1.41. The third-order valence-corrected chi connectivity index (χ3v) is 2.12. The van der Waals surface area contributed by atoms with Crippen molar-refractivity contribution in [1.82, 2.24) is 10.2 Å². The number of nitrogens with one attached hydrogen (secondary N) is 1. The Labute approximate surface area is 87.2 Å². The normalized spacial score (nSPS) is 10.2. The molecule has 3 nitrogen and oxygen atoms in total. The molecule has 0 rings (SSSR count). The summed E-state index contributed by atoms with van der Waals surface area (Å²) in [6.45, 7) is 11.8. The van der Waals surface area contributed by atoms with Gasteiger partial charge in [-0.25, -0.2) is 0 Å². The van der Waals surface area contributed by atoms with Crippen LogP contribution >= 0.6 is 0 Å². The van der Waals surface area contributed by atoms with Crippen molar-refractivity contribution in [2.75, 3.05) is 26.2 Å². The molecule has 0 aromatic heterocycles. The van der Waals surface area contributed by atoms with Crippen LogP contribution in [0.15, 0.2) is 12.7 Å². The number of carbonyl (C=O) groups is 1. The fourth-order valence-electron chi connectivity index (χ4n) is 1.33. The first-order valence-electron chi connectivity index (χ1n) is 5.37. The fraction of sp³-hybridized carbons (Fsp3) is 0.727. The van der Waals surface area contributed by atoms with Crippen LogP contribution in [0.25, 0.3) is 0 Å². The Balaban J connectivity index is 3.41. The topological polar surface area (TPSA) is 32.3 Å². The predicted molar refractivity (Wildman–Crippen MR) is 60.2 cm³/mol. The first kappa shape index (κ1) is 13.2. The lowest BCUT2D eigenvalue weighted by Crippen LogP contribution is -2.29. The van der Waals surface area contributed by atoms with Crippen molar-refractivity contribution in [2.45, 2.75) is 26.7 Å². The number of carbonyl (C=O) groups excluding carboxylic acids is 1. The van der Waals surface area contributed by atoms with Crippen LogP contribution in [0.5, 0.6) is 0 Å². The molecular formula is C11H22N2O. The number of nitrogens with zero attached hydrogens (tertiary/aromatic N) is 1. The van der Waals surface area contributed by atoms with Crippen molar-refractivity contribution in [3.05, 3.63) is 12.7 Å². The second-order valence-corrected chi connectivity index (χ2v) is 3.28. The van der Waals surface area contributed by atoms with Crippen LogP contribution in [0.2, 0.25) is 0 Å². The average molecular weight is 198 g/mol. The summed E-state index contributed by atoms with van der Waals surface area (Å²) in [7, 11) is 0. The molecule has 0 atom stereocenters. The van der Waals surface area contributed by atoms with Gasteiger partial charge < -0.3 is 10.2 Å². The molecule has 0 aliphatic rings. The van der Waals surface area contributed by atoms with Crippen molar-refractivity contribution in [2.24, 2.45) is 0 Å². The molecule has 0 spiro atoms. The smallest absolute Gasteiger partial charge is 0.243 e. The lowest BCUT2D eigenvalue weighted by Gasteiger charge is -2.19. The Bertz CT molecular complexity index is 169. The van der Waals surface area contributed by atoms with Crippen molar-refractivity contribution in [1.29, 1.82) is 0 Å². The van der Waals surface area contributed by atoms with E-state index in [9.17, 15) is 4.79 Å². The van der Waals surface area contributed by atoms with Crippen LogP contribution in [-0.4, -0.2) is 37.0 Å². The van der Waals surface area contributed by atoms with Gasteiger partial charge in [0.15, 0.2) is 0 Å². The molecule has 0 aliphatic carbocycles. The van der Waals surface area contributed by atoms with Crippen molar-refractivity contribution in [3.8, 4) is 0 Å². The summed E-state index contributed by atoms with van der Waals surface area (Å²) in [5.41, 5.74) is 0. The van der Waals surface area contributed by atoms with E-state index < -0.39 is 0 Å². The zero-order chi connectivity index (χ0) is 10.8. The van der Waals surface area contributed by atoms with Gasteiger partial charge >= 0.3 is 0 Å². The molecule has 0 aliphatic heterocycles. The van der Waals surface area contributed by atoms with Crippen LogP contribution < -0.4 is 5.32 Å². The highest BCUT2D eigenvalue weighted by Crippen LogP contribution is 1.92. The maximum absolute atomic E-state index is 10.8. The molecule has 0 heterocycles. The lowest BCUT2D eigenvalue weighted by molar-refractivity contribution is -0.116. The summed E-state index contributed by atoms with van der Waals surface area (Å²) in [5.74, 6) is -0.0801. The summed E-state index contributed by atoms with van der Waals surface area (Å²) < 4.78 is 0. The van der Waals surface area contributed by atoms with E-state index in [-0.39, 0.29) is 5.91 Å². The van der Waals surface area contributed by atoms with E-state index in [1.54, 1.807) is 0 Å². The molecule has 1 N–H and O–H groups in total. The van der Waals surface area contributed by atoms with Gasteiger partial charge in [-0.3, -0.25) is 4.79 Å². The van der Waals surface area contributed by atoms with Crippen LogP contribution in [-0.2, 0) is 4.79 Å². The van der Waals surface area contributed by atoms with Gasteiger partial charge in [0.1, 0.15) is 0 Å². The summed E-state index contributed by atoms with van der Waals surface area (Å²) in [4.78, 5) is 13.2. The Morgan fingerprint density at radius 1 is 1.43 bits per heavy atom. The van der Waals surface area contributed by atoms with Gasteiger partial charge in [0.2, 0.25) is 5.91 Å². The van der Waals surface area contributed by atoms with Gasteiger partial charge in [-0.2, -0.15) is 0 Å². The Morgan fingerprint density at radius 3 is 2.64 bits per heavy atom. The first-order valence-corrected chi connectivity index (χ1v) is 5.37. The molecule has 14 heavy (non-hydrogen) atoms. The third-order valence-electron chi connectivity index (χ3n) is 2.12. The summed E-state index contributed by atoms with van der Waals surface area (Å²) in [6.07, 6.45) is 3.50. The van der Waals surface area contributed by atoms with Crippen molar-refractivity contribution >= 4 is 5.91 Å². The van der Waals surface area contributed by atoms with E-state index in [1.165, 1.54) is 12.5 Å². The molecule has 0 unspecified atom stereocenters. The first-order chi connectivity index (χ1) is 6.74. The van der Waals surface area contributed by atoms with Gasteiger partial charge in [-0.05, 0) is 38.6 Å². The summed E-state index contributed by atoms with van der Waals surface area (Å²) in [5, 5.41) is 2.77. The van der Waals surface area contributed by atoms with Gasteiger partial charge in [-0.1, -0.05) is 20.4 Å². The Kier molecular flexibility index (Phi) is 8.24. The largest absolute Gasteiger partial charge is 0.353 e. The standard InChI is InChI=1S/C11H22N2O/c1-4-9-13(6-3)10-7-8-12-11(14)5-2/h5H,2,4,6-10H2,1,3H3,(H,12,14). The summed E-state index contributed by atoms with van der Waals surface area (Å²) in [6, 6.07) is 0. The van der Waals surface area contributed by atoms with Crippen LogP contribution in [0, 0.1) is 0 Å². The van der Waals surface area contributed by atoms with E-state index >= 15 is 0 Å². The molecule has 0 aromatic carbocycles. The van der Waals surface area contributed by atoms with E-state index in [0.717, 1.165) is 32.6 Å².